The lowest BCUT2D eigenvalue weighted by Gasteiger charge is -2.09. The van der Waals surface area contributed by atoms with Crippen LogP contribution >= 0.6 is 0 Å². The molecule has 0 unspecified atom stereocenters. The first-order chi connectivity index (χ1) is 12.7. The Morgan fingerprint density at radius 3 is 2.15 bits per heavy atom. The molecule has 0 heterocycles. The lowest BCUT2D eigenvalue weighted by molar-refractivity contribution is 0.482. The van der Waals surface area contributed by atoms with E-state index in [-0.39, 0.29) is 5.84 Å². The molecule has 0 aliphatic rings. The molecule has 0 atom stereocenters. The van der Waals surface area contributed by atoms with E-state index in [0.717, 1.165) is 22.7 Å². The fraction of sp³-hybridized carbons (Fsp3) is 0.0500. The lowest BCUT2D eigenvalue weighted by Crippen LogP contribution is -2.11. The summed E-state index contributed by atoms with van der Waals surface area (Å²) in [6.45, 7) is 0.687. The molecule has 0 aromatic heterocycles. The van der Waals surface area contributed by atoms with Gasteiger partial charge in [-0.15, -0.1) is 0 Å². The number of nitrogen functional groups attached to an aromatic ring is 1. The summed E-state index contributed by atoms with van der Waals surface area (Å²) in [4.78, 5) is 0. The van der Waals surface area contributed by atoms with Gasteiger partial charge in [0, 0.05) is 17.8 Å². The molecule has 134 valence electrons. The van der Waals surface area contributed by atoms with Crippen molar-refractivity contribution in [3.05, 3.63) is 90.0 Å². The average Bonchev–Trinajstić information content (AvgIpc) is 2.70. The minimum atomic E-state index is 0.0704. The number of hydrazine groups is 1. The third kappa shape index (κ3) is 5.62. The summed E-state index contributed by atoms with van der Waals surface area (Å²) in [6.07, 6.45) is 0. The van der Waals surface area contributed by atoms with Crippen molar-refractivity contribution in [1.29, 1.82) is 5.41 Å². The van der Waals surface area contributed by atoms with Gasteiger partial charge < -0.3 is 15.8 Å². The van der Waals surface area contributed by atoms with Crippen LogP contribution in [0.3, 0.4) is 0 Å². The molecule has 0 spiro atoms. The summed E-state index contributed by atoms with van der Waals surface area (Å²) in [5, 5.41) is 10.8. The maximum absolute atomic E-state index is 7.48. The molecule has 0 saturated heterocycles. The van der Waals surface area contributed by atoms with Gasteiger partial charge in [0.2, 0.25) is 0 Å². The van der Waals surface area contributed by atoms with Crippen LogP contribution in [-0.4, -0.2) is 5.84 Å². The van der Waals surface area contributed by atoms with Gasteiger partial charge in [-0.1, -0.05) is 42.5 Å². The van der Waals surface area contributed by atoms with E-state index in [1.165, 1.54) is 0 Å². The second-order valence-corrected chi connectivity index (χ2v) is 5.41. The van der Waals surface area contributed by atoms with Crippen LogP contribution < -0.4 is 27.5 Å². The molecule has 0 saturated carbocycles. The topological polar surface area (TPSA) is 123 Å². The van der Waals surface area contributed by atoms with Crippen LogP contribution in [0.5, 0.6) is 11.5 Å². The maximum atomic E-state index is 7.48. The number of benzene rings is 3. The van der Waals surface area contributed by atoms with Crippen molar-refractivity contribution in [1.82, 2.24) is 0 Å². The molecule has 0 bridgehead atoms. The normalized spacial score (nSPS) is 9.62. The van der Waals surface area contributed by atoms with E-state index in [4.69, 9.17) is 15.9 Å². The molecule has 3 aromatic carbocycles. The van der Waals surface area contributed by atoms with Gasteiger partial charge >= 0.3 is 0 Å². The SMILES string of the molecule is N=C(N)c1cccc(NCc2ccc(Oc3ccccc3)cc2)c1.NN. The van der Waals surface area contributed by atoms with Crippen LogP contribution in [0.1, 0.15) is 11.1 Å². The second kappa shape index (κ2) is 9.83. The van der Waals surface area contributed by atoms with Crippen molar-refractivity contribution in [3.8, 4) is 11.5 Å². The first kappa shape index (κ1) is 19.0. The number of nitrogens with one attached hydrogen (secondary N) is 2. The van der Waals surface area contributed by atoms with E-state index in [1.807, 2.05) is 78.9 Å². The third-order valence-corrected chi connectivity index (χ3v) is 3.57. The number of ether oxygens (including phenoxy) is 1. The summed E-state index contributed by atoms with van der Waals surface area (Å²) in [5.74, 6) is 9.70. The summed E-state index contributed by atoms with van der Waals surface area (Å²) >= 11 is 0. The Bertz CT molecular complexity index is 819. The molecular formula is C20H23N5O. The Morgan fingerprint density at radius 2 is 1.50 bits per heavy atom. The highest BCUT2D eigenvalue weighted by Gasteiger charge is 2.00. The van der Waals surface area contributed by atoms with Gasteiger partial charge in [-0.3, -0.25) is 17.1 Å². The van der Waals surface area contributed by atoms with Gasteiger partial charge in [-0.2, -0.15) is 0 Å². The Morgan fingerprint density at radius 1 is 0.846 bits per heavy atom. The number of para-hydroxylation sites is 1. The Kier molecular flexibility index (Phi) is 7.17. The fourth-order valence-electron chi connectivity index (χ4n) is 2.30. The van der Waals surface area contributed by atoms with E-state index < -0.39 is 0 Å². The first-order valence-corrected chi connectivity index (χ1v) is 8.04. The predicted octanol–water partition coefficient (Wildman–Crippen LogP) is 3.19. The highest BCUT2D eigenvalue weighted by atomic mass is 16.5. The standard InChI is InChI=1S/C20H19N3O.H4N2/c21-20(22)16-5-4-6-17(13-16)23-14-15-9-11-19(12-10-15)24-18-7-2-1-3-8-18;1-2/h1-13,23H,14H2,(H3,21,22);1-2H2. The Labute approximate surface area is 153 Å². The molecule has 0 radical (unpaired) electrons. The summed E-state index contributed by atoms with van der Waals surface area (Å²) in [5.41, 5.74) is 8.31. The van der Waals surface area contributed by atoms with Crippen molar-refractivity contribution < 1.29 is 4.74 Å². The monoisotopic (exact) mass is 349 g/mol. The van der Waals surface area contributed by atoms with Crippen LogP contribution in [0.25, 0.3) is 0 Å². The number of amidine groups is 1. The molecule has 0 aliphatic carbocycles. The second-order valence-electron chi connectivity index (χ2n) is 5.41. The maximum Gasteiger partial charge on any atom is 0.127 e. The zero-order chi connectivity index (χ0) is 18.8. The molecule has 0 amide bonds. The largest absolute Gasteiger partial charge is 0.457 e. The summed E-state index contributed by atoms with van der Waals surface area (Å²) in [6, 6.07) is 25.2. The van der Waals surface area contributed by atoms with Crippen molar-refractivity contribution in [2.24, 2.45) is 17.4 Å². The average molecular weight is 349 g/mol. The molecule has 8 N–H and O–H groups in total. The zero-order valence-corrected chi connectivity index (χ0v) is 14.4. The quantitative estimate of drug-likeness (QED) is 0.202. The summed E-state index contributed by atoms with van der Waals surface area (Å²) < 4.78 is 5.78. The molecule has 3 aromatic rings. The van der Waals surface area contributed by atoms with Gasteiger partial charge in [-0.25, -0.2) is 0 Å². The van der Waals surface area contributed by atoms with Crippen LogP contribution in [0.4, 0.5) is 5.69 Å². The number of hydrogen-bond donors (Lipinski definition) is 5. The zero-order valence-electron chi connectivity index (χ0n) is 14.4. The van der Waals surface area contributed by atoms with Crippen LogP contribution in [0.15, 0.2) is 78.9 Å². The Balaban J connectivity index is 0.00000117. The van der Waals surface area contributed by atoms with Gasteiger partial charge in [0.25, 0.3) is 0 Å². The van der Waals surface area contributed by atoms with Gasteiger partial charge in [0.15, 0.2) is 0 Å². The Hall–Kier alpha value is -3.35. The highest BCUT2D eigenvalue weighted by molar-refractivity contribution is 5.95. The molecule has 26 heavy (non-hydrogen) atoms. The summed E-state index contributed by atoms with van der Waals surface area (Å²) in [7, 11) is 0. The van der Waals surface area contributed by atoms with Gasteiger partial charge in [0.1, 0.15) is 17.3 Å². The minimum absolute atomic E-state index is 0.0704. The molecule has 0 fully saturated rings. The van der Waals surface area contributed by atoms with E-state index >= 15 is 0 Å². The molecule has 0 aliphatic heterocycles. The predicted molar refractivity (Wildman–Crippen MR) is 106 cm³/mol. The smallest absolute Gasteiger partial charge is 0.127 e. The highest BCUT2D eigenvalue weighted by Crippen LogP contribution is 2.21. The van der Waals surface area contributed by atoms with Crippen molar-refractivity contribution in [2.75, 3.05) is 5.32 Å². The van der Waals surface area contributed by atoms with Crippen LogP contribution in [-0.2, 0) is 6.54 Å². The van der Waals surface area contributed by atoms with Crippen molar-refractivity contribution >= 4 is 11.5 Å². The number of hydrogen-bond acceptors (Lipinski definition) is 5. The number of anilines is 1. The molecule has 6 heteroatoms. The fourth-order valence-corrected chi connectivity index (χ4v) is 2.30. The molecule has 6 nitrogen and oxygen atoms in total. The van der Waals surface area contributed by atoms with Crippen molar-refractivity contribution in [3.63, 3.8) is 0 Å². The van der Waals surface area contributed by atoms with E-state index in [9.17, 15) is 0 Å². The van der Waals surface area contributed by atoms with E-state index in [0.29, 0.717) is 12.1 Å². The minimum Gasteiger partial charge on any atom is -0.457 e. The van der Waals surface area contributed by atoms with Gasteiger partial charge in [-0.05, 0) is 42.0 Å². The van der Waals surface area contributed by atoms with E-state index in [2.05, 4.69) is 17.0 Å². The molecular weight excluding hydrogens is 326 g/mol. The van der Waals surface area contributed by atoms with Gasteiger partial charge in [0.05, 0.1) is 0 Å². The van der Waals surface area contributed by atoms with Crippen molar-refractivity contribution in [2.45, 2.75) is 6.54 Å². The van der Waals surface area contributed by atoms with E-state index in [1.54, 1.807) is 0 Å². The first-order valence-electron chi connectivity index (χ1n) is 8.04. The number of nitrogens with two attached hydrogens (primary N) is 3. The lowest BCUT2D eigenvalue weighted by atomic mass is 10.1. The number of rotatable bonds is 6. The van der Waals surface area contributed by atoms with Crippen LogP contribution in [0, 0.1) is 5.41 Å². The van der Waals surface area contributed by atoms with Crippen LogP contribution in [0.2, 0.25) is 0 Å². The third-order valence-electron chi connectivity index (χ3n) is 3.57. The molecule has 3 rings (SSSR count).